The highest BCUT2D eigenvalue weighted by molar-refractivity contribution is 6.03. The number of urea groups is 1. The van der Waals surface area contributed by atoms with Gasteiger partial charge in [-0.15, -0.1) is 0 Å². The van der Waals surface area contributed by atoms with Crippen LogP contribution < -0.4 is 16.4 Å². The molecule has 0 aliphatic carbocycles. The van der Waals surface area contributed by atoms with Crippen molar-refractivity contribution < 1.29 is 18.0 Å². The van der Waals surface area contributed by atoms with Gasteiger partial charge in [0.1, 0.15) is 5.82 Å². The third-order valence-electron chi connectivity index (χ3n) is 7.59. The fourth-order valence-corrected chi connectivity index (χ4v) is 5.36. The van der Waals surface area contributed by atoms with Crippen molar-refractivity contribution in [2.24, 2.45) is 0 Å². The maximum absolute atomic E-state index is 14.0. The summed E-state index contributed by atoms with van der Waals surface area (Å²) < 4.78 is 41.9. The number of pyridine rings is 1. The number of rotatable bonds is 6. The molecule has 2 heterocycles. The number of hydrogen-bond donors (Lipinski definition) is 3. The lowest BCUT2D eigenvalue weighted by Gasteiger charge is -2.34. The van der Waals surface area contributed by atoms with Gasteiger partial charge in [-0.1, -0.05) is 37.3 Å². The molecule has 41 heavy (non-hydrogen) atoms. The molecule has 0 saturated carbocycles. The number of alkyl halides is 3. The Labute approximate surface area is 237 Å². The summed E-state index contributed by atoms with van der Waals surface area (Å²) in [7, 11) is 0. The normalized spacial score (nSPS) is 14.8. The Hall–Kier alpha value is -4.15. The molecule has 1 aromatic heterocycles. The largest absolute Gasteiger partial charge is 0.416 e. The molecule has 2 amide bonds. The van der Waals surface area contributed by atoms with Crippen molar-refractivity contribution in [2.75, 3.05) is 49.1 Å². The Bertz CT molecular complexity index is 1560. The van der Waals surface area contributed by atoms with Gasteiger partial charge in [-0.05, 0) is 71.4 Å². The first kappa shape index (κ1) is 28.4. The fourth-order valence-electron chi connectivity index (χ4n) is 5.36. The summed E-state index contributed by atoms with van der Waals surface area (Å²) in [5.41, 5.74) is 8.96. The number of carbonyl (C=O) groups excluding carboxylic acids is 1. The van der Waals surface area contributed by atoms with E-state index in [4.69, 9.17) is 5.73 Å². The van der Waals surface area contributed by atoms with Crippen LogP contribution in [0.4, 0.5) is 35.2 Å². The zero-order valence-corrected chi connectivity index (χ0v) is 23.1. The van der Waals surface area contributed by atoms with E-state index in [1.807, 2.05) is 48.2 Å². The molecule has 0 bridgehead atoms. The molecule has 10 heteroatoms. The second kappa shape index (κ2) is 11.8. The third-order valence-corrected chi connectivity index (χ3v) is 7.59. The molecule has 5 rings (SSSR count). The molecule has 0 unspecified atom stereocenters. The summed E-state index contributed by atoms with van der Waals surface area (Å²) in [5, 5.41) is 7.10. The van der Waals surface area contributed by atoms with E-state index in [1.165, 1.54) is 12.1 Å². The molecule has 214 valence electrons. The average Bonchev–Trinajstić information content (AvgIpc) is 2.94. The topological polar surface area (TPSA) is 86.5 Å². The number of nitrogen functional groups attached to an aromatic ring is 1. The van der Waals surface area contributed by atoms with Crippen molar-refractivity contribution in [1.82, 2.24) is 14.8 Å². The summed E-state index contributed by atoms with van der Waals surface area (Å²) in [5.74, 6) is 0.452. The molecule has 1 aliphatic rings. The van der Waals surface area contributed by atoms with E-state index in [9.17, 15) is 18.0 Å². The van der Waals surface area contributed by atoms with Crippen LogP contribution >= 0.6 is 0 Å². The van der Waals surface area contributed by atoms with Crippen molar-refractivity contribution in [3.05, 3.63) is 83.6 Å². The van der Waals surface area contributed by atoms with Crippen LogP contribution in [0.15, 0.2) is 66.9 Å². The van der Waals surface area contributed by atoms with Crippen molar-refractivity contribution in [3.63, 3.8) is 0 Å². The Morgan fingerprint density at radius 2 is 1.59 bits per heavy atom. The minimum atomic E-state index is -4.54. The van der Waals surface area contributed by atoms with Crippen LogP contribution in [-0.2, 0) is 12.7 Å². The molecule has 1 fully saturated rings. The zero-order chi connectivity index (χ0) is 29.1. The van der Waals surface area contributed by atoms with Gasteiger partial charge in [-0.2, -0.15) is 13.2 Å². The van der Waals surface area contributed by atoms with Gasteiger partial charge in [0.25, 0.3) is 0 Å². The molecule has 3 aromatic carbocycles. The van der Waals surface area contributed by atoms with E-state index in [1.54, 1.807) is 12.3 Å². The predicted octanol–water partition coefficient (Wildman–Crippen LogP) is 6.59. The summed E-state index contributed by atoms with van der Waals surface area (Å²) in [6.45, 7) is 8.28. The van der Waals surface area contributed by atoms with Gasteiger partial charge < -0.3 is 21.3 Å². The quantitative estimate of drug-likeness (QED) is 0.247. The number of fused-ring (bicyclic) bond motifs is 1. The second-order valence-electron chi connectivity index (χ2n) is 10.3. The van der Waals surface area contributed by atoms with Gasteiger partial charge in [-0.25, -0.2) is 9.78 Å². The van der Waals surface area contributed by atoms with Crippen LogP contribution in [0, 0.1) is 6.92 Å². The van der Waals surface area contributed by atoms with E-state index in [0.29, 0.717) is 11.5 Å². The number of carbonyl (C=O) groups is 1. The first-order valence-electron chi connectivity index (χ1n) is 13.6. The Kier molecular flexibility index (Phi) is 8.14. The summed E-state index contributed by atoms with van der Waals surface area (Å²) >= 11 is 0. The number of nitrogens with zero attached hydrogens (tertiary/aromatic N) is 3. The van der Waals surface area contributed by atoms with Crippen LogP contribution in [0.2, 0.25) is 0 Å². The number of amides is 2. The van der Waals surface area contributed by atoms with Gasteiger partial charge in [0.05, 0.1) is 5.56 Å². The predicted molar refractivity (Wildman–Crippen MR) is 158 cm³/mol. The van der Waals surface area contributed by atoms with E-state index < -0.39 is 17.8 Å². The lowest BCUT2D eigenvalue weighted by atomic mass is 9.95. The Morgan fingerprint density at radius 3 is 2.27 bits per heavy atom. The van der Waals surface area contributed by atoms with Gasteiger partial charge >= 0.3 is 12.2 Å². The first-order valence-corrected chi connectivity index (χ1v) is 13.6. The minimum Gasteiger partial charge on any atom is -0.383 e. The number of nitrogens with two attached hydrogens (primary N) is 1. The van der Waals surface area contributed by atoms with Crippen LogP contribution in [0.1, 0.15) is 23.6 Å². The molecule has 0 spiro atoms. The third kappa shape index (κ3) is 6.44. The van der Waals surface area contributed by atoms with Gasteiger partial charge in [0.15, 0.2) is 0 Å². The fraction of sp³-hybridized carbons (Fsp3) is 0.290. The maximum atomic E-state index is 14.0. The molecule has 1 saturated heterocycles. The van der Waals surface area contributed by atoms with Crippen molar-refractivity contribution in [1.29, 1.82) is 0 Å². The molecule has 7 nitrogen and oxygen atoms in total. The van der Waals surface area contributed by atoms with Crippen molar-refractivity contribution in [3.8, 4) is 11.1 Å². The average molecular weight is 563 g/mol. The van der Waals surface area contributed by atoms with Crippen LogP contribution in [0.5, 0.6) is 0 Å². The summed E-state index contributed by atoms with van der Waals surface area (Å²) in [6.07, 6.45) is -2.87. The lowest BCUT2D eigenvalue weighted by molar-refractivity contribution is -0.138. The molecule has 0 radical (unpaired) electrons. The zero-order valence-electron chi connectivity index (χ0n) is 23.1. The Balaban J connectivity index is 1.29. The summed E-state index contributed by atoms with van der Waals surface area (Å²) in [4.78, 5) is 21.2. The molecule has 4 aromatic rings. The standard InChI is InChI=1S/C31H33F3N6O/c1-3-39-13-15-40(16-14-39)19-21-7-8-23(18-28(21)31(32,33)34)38-30(41)37-22-9-10-24(20(2)17-22)25-5-4-6-27-26(25)11-12-36-29(27)35/h4-12,17-18H,3,13-16,19H2,1-2H3,(H2,35,36)(H2,37,38,41). The number of likely N-dealkylation sites (N-methyl/N-ethyl adjacent to an activating group) is 1. The number of anilines is 3. The number of aryl methyl sites for hydroxylation is 1. The van der Waals surface area contributed by atoms with Crippen molar-refractivity contribution in [2.45, 2.75) is 26.6 Å². The lowest BCUT2D eigenvalue weighted by Crippen LogP contribution is -2.45. The van der Waals surface area contributed by atoms with Crippen LogP contribution in [0.3, 0.4) is 0 Å². The highest BCUT2D eigenvalue weighted by Crippen LogP contribution is 2.35. The summed E-state index contributed by atoms with van der Waals surface area (Å²) in [6, 6.07) is 16.6. The van der Waals surface area contributed by atoms with E-state index in [-0.39, 0.29) is 17.8 Å². The number of halogens is 3. The molecular weight excluding hydrogens is 529 g/mol. The SMILES string of the molecule is CCN1CCN(Cc2ccc(NC(=O)Nc3ccc(-c4cccc5c(N)nccc45)c(C)c3)cc2C(F)(F)F)CC1. The first-order chi connectivity index (χ1) is 19.6. The molecule has 4 N–H and O–H groups in total. The van der Waals surface area contributed by atoms with E-state index in [2.05, 4.69) is 27.4 Å². The van der Waals surface area contributed by atoms with E-state index >= 15 is 0 Å². The minimum absolute atomic E-state index is 0.0738. The number of piperazine rings is 1. The molecule has 1 aliphatic heterocycles. The number of hydrogen-bond acceptors (Lipinski definition) is 5. The number of aromatic nitrogens is 1. The monoisotopic (exact) mass is 562 g/mol. The van der Waals surface area contributed by atoms with Crippen molar-refractivity contribution >= 4 is 34.0 Å². The molecular formula is C31H33F3N6O. The van der Waals surface area contributed by atoms with E-state index in [0.717, 1.165) is 66.3 Å². The van der Waals surface area contributed by atoms with Crippen LogP contribution in [0.25, 0.3) is 21.9 Å². The Morgan fingerprint density at radius 1 is 0.902 bits per heavy atom. The smallest absolute Gasteiger partial charge is 0.383 e. The highest BCUT2D eigenvalue weighted by atomic mass is 19.4. The highest BCUT2D eigenvalue weighted by Gasteiger charge is 2.34. The van der Waals surface area contributed by atoms with Crippen LogP contribution in [-0.4, -0.2) is 53.5 Å². The number of nitrogens with one attached hydrogen (secondary N) is 2. The number of benzene rings is 3. The maximum Gasteiger partial charge on any atom is 0.416 e. The molecule has 0 atom stereocenters. The van der Waals surface area contributed by atoms with Gasteiger partial charge in [0.2, 0.25) is 0 Å². The van der Waals surface area contributed by atoms with Gasteiger partial charge in [0, 0.05) is 55.7 Å². The second-order valence-corrected chi connectivity index (χ2v) is 10.3. The van der Waals surface area contributed by atoms with Gasteiger partial charge in [-0.3, -0.25) is 4.90 Å².